The maximum absolute atomic E-state index is 12.3. The minimum Gasteiger partial charge on any atom is -0.368 e. The van der Waals surface area contributed by atoms with E-state index in [4.69, 9.17) is 9.72 Å². The van der Waals surface area contributed by atoms with E-state index in [1.54, 1.807) is 0 Å². The molecule has 28 heavy (non-hydrogen) atoms. The third-order valence-corrected chi connectivity index (χ3v) is 5.61. The molecule has 154 valence electrons. The van der Waals surface area contributed by atoms with Crippen LogP contribution in [0, 0.1) is 0 Å². The van der Waals surface area contributed by atoms with E-state index < -0.39 is 0 Å². The number of aryl methyl sites for hydroxylation is 1. The molecule has 1 aliphatic heterocycles. The van der Waals surface area contributed by atoms with E-state index in [-0.39, 0.29) is 12.0 Å². The van der Waals surface area contributed by atoms with Gasteiger partial charge in [0, 0.05) is 13.2 Å². The van der Waals surface area contributed by atoms with Gasteiger partial charge in [-0.15, -0.1) is 0 Å². The molecule has 0 radical (unpaired) electrons. The first-order valence-corrected chi connectivity index (χ1v) is 11.1. The van der Waals surface area contributed by atoms with E-state index in [2.05, 4.69) is 28.9 Å². The van der Waals surface area contributed by atoms with Crippen molar-refractivity contribution in [2.24, 2.45) is 0 Å². The fourth-order valence-corrected chi connectivity index (χ4v) is 3.98. The molecule has 5 nitrogen and oxygen atoms in total. The second-order valence-corrected chi connectivity index (χ2v) is 7.86. The molecule has 1 aromatic carbocycles. The monoisotopic (exact) mass is 385 g/mol. The number of hydrogen-bond acceptors (Lipinski definition) is 3. The molecule has 1 saturated heterocycles. The third-order valence-electron chi connectivity index (χ3n) is 5.61. The van der Waals surface area contributed by atoms with Crippen molar-refractivity contribution in [3.8, 4) is 0 Å². The predicted octanol–water partition coefficient (Wildman–Crippen LogP) is 4.97. The van der Waals surface area contributed by atoms with Crippen molar-refractivity contribution in [2.75, 3.05) is 6.61 Å². The summed E-state index contributed by atoms with van der Waals surface area (Å²) in [5.41, 5.74) is 2.16. The first kappa shape index (κ1) is 20.8. The number of hydrogen-bond donors (Lipinski definition) is 1. The van der Waals surface area contributed by atoms with E-state index in [1.807, 2.05) is 12.1 Å². The van der Waals surface area contributed by atoms with E-state index >= 15 is 0 Å². The largest absolute Gasteiger partial charge is 0.368 e. The molecule has 1 unspecified atom stereocenters. The minimum absolute atomic E-state index is 0.0109. The standard InChI is InChI=1S/C23H35N3O2/c1-2-3-4-5-6-7-8-11-16-26-20-14-10-9-13-19(20)25-22(26)18-24-23(27)21-15-12-17-28-21/h9-10,13-14,21H,2-8,11-12,15-18H2,1H3,(H,24,27). The van der Waals surface area contributed by atoms with Crippen LogP contribution in [-0.4, -0.2) is 28.2 Å². The van der Waals surface area contributed by atoms with Crippen LogP contribution in [0.2, 0.25) is 0 Å². The zero-order valence-electron chi connectivity index (χ0n) is 17.3. The molecule has 0 spiro atoms. The number of rotatable bonds is 12. The van der Waals surface area contributed by atoms with E-state index in [9.17, 15) is 4.79 Å². The summed E-state index contributed by atoms with van der Waals surface area (Å²) in [6.07, 6.45) is 12.0. The van der Waals surface area contributed by atoms with Gasteiger partial charge in [-0.25, -0.2) is 4.98 Å². The number of nitrogens with zero attached hydrogens (tertiary/aromatic N) is 2. The molecule has 0 bridgehead atoms. The highest BCUT2D eigenvalue weighted by Gasteiger charge is 2.23. The Labute approximate surface area is 168 Å². The molecule has 1 aromatic heterocycles. The number of unbranched alkanes of at least 4 members (excludes halogenated alkanes) is 7. The lowest BCUT2D eigenvalue weighted by Crippen LogP contribution is -2.34. The van der Waals surface area contributed by atoms with Crippen molar-refractivity contribution in [1.82, 2.24) is 14.9 Å². The Kier molecular flexibility index (Phi) is 8.34. The molecular weight excluding hydrogens is 350 g/mol. The van der Waals surface area contributed by atoms with Crippen LogP contribution in [0.3, 0.4) is 0 Å². The van der Waals surface area contributed by atoms with Crippen LogP contribution in [0.25, 0.3) is 11.0 Å². The number of aromatic nitrogens is 2. The van der Waals surface area contributed by atoms with Gasteiger partial charge in [0.25, 0.3) is 0 Å². The number of nitrogens with one attached hydrogen (secondary N) is 1. The normalized spacial score (nSPS) is 16.7. The Morgan fingerprint density at radius 3 is 2.64 bits per heavy atom. The summed E-state index contributed by atoms with van der Waals surface area (Å²) in [6, 6.07) is 8.25. The van der Waals surface area contributed by atoms with E-state index in [0.717, 1.165) is 42.7 Å². The van der Waals surface area contributed by atoms with Crippen molar-refractivity contribution < 1.29 is 9.53 Å². The maximum atomic E-state index is 12.3. The summed E-state index contributed by atoms with van der Waals surface area (Å²) < 4.78 is 7.76. The number of fused-ring (bicyclic) bond motifs is 1. The fraction of sp³-hybridized carbons (Fsp3) is 0.652. The van der Waals surface area contributed by atoms with Gasteiger partial charge in [0.05, 0.1) is 17.6 Å². The predicted molar refractivity (Wildman–Crippen MR) is 113 cm³/mol. The molecule has 2 aromatic rings. The highest BCUT2D eigenvalue weighted by molar-refractivity contribution is 5.81. The molecule has 3 rings (SSSR count). The number of imidazole rings is 1. The Bertz CT molecular complexity index is 735. The molecule has 1 atom stereocenters. The number of ether oxygens (including phenoxy) is 1. The first-order valence-electron chi connectivity index (χ1n) is 11.1. The Balaban J connectivity index is 1.52. The summed E-state index contributed by atoms with van der Waals surface area (Å²) in [6.45, 7) is 4.37. The van der Waals surface area contributed by atoms with Crippen LogP contribution in [-0.2, 0) is 22.6 Å². The Morgan fingerprint density at radius 1 is 1.14 bits per heavy atom. The van der Waals surface area contributed by atoms with E-state index in [1.165, 1.54) is 44.9 Å². The molecule has 1 aliphatic rings. The number of amides is 1. The number of benzene rings is 1. The zero-order chi connectivity index (χ0) is 19.6. The summed E-state index contributed by atoms with van der Waals surface area (Å²) >= 11 is 0. The van der Waals surface area contributed by atoms with Gasteiger partial charge < -0.3 is 14.6 Å². The van der Waals surface area contributed by atoms with Gasteiger partial charge in [0.2, 0.25) is 5.91 Å². The summed E-state index contributed by atoms with van der Waals surface area (Å²) in [5.74, 6) is 0.929. The molecule has 2 heterocycles. The average molecular weight is 386 g/mol. The smallest absolute Gasteiger partial charge is 0.249 e. The molecule has 5 heteroatoms. The molecule has 0 aliphatic carbocycles. The SMILES string of the molecule is CCCCCCCCCCn1c(CNC(=O)C2CCCO2)nc2ccccc21. The van der Waals surface area contributed by atoms with Gasteiger partial charge in [-0.3, -0.25) is 4.79 Å². The highest BCUT2D eigenvalue weighted by atomic mass is 16.5. The van der Waals surface area contributed by atoms with Gasteiger partial charge in [0.15, 0.2) is 0 Å². The summed E-state index contributed by atoms with van der Waals surface area (Å²) in [7, 11) is 0. The highest BCUT2D eigenvalue weighted by Crippen LogP contribution is 2.18. The van der Waals surface area contributed by atoms with Crippen LogP contribution in [0.4, 0.5) is 0 Å². The van der Waals surface area contributed by atoms with Gasteiger partial charge in [-0.05, 0) is 31.4 Å². The fourth-order valence-electron chi connectivity index (χ4n) is 3.98. The van der Waals surface area contributed by atoms with Crippen LogP contribution in [0.1, 0.15) is 77.0 Å². The topological polar surface area (TPSA) is 56.2 Å². The van der Waals surface area contributed by atoms with Crippen LogP contribution < -0.4 is 5.32 Å². The van der Waals surface area contributed by atoms with Crippen LogP contribution >= 0.6 is 0 Å². The molecule has 1 amide bonds. The third kappa shape index (κ3) is 5.81. The van der Waals surface area contributed by atoms with Gasteiger partial charge in [-0.1, -0.05) is 64.0 Å². The number of para-hydroxylation sites is 2. The maximum Gasteiger partial charge on any atom is 0.249 e. The van der Waals surface area contributed by atoms with Crippen molar-refractivity contribution in [2.45, 2.75) is 90.3 Å². The molecule has 1 fully saturated rings. The molecular formula is C23H35N3O2. The zero-order valence-corrected chi connectivity index (χ0v) is 17.3. The van der Waals surface area contributed by atoms with Crippen molar-refractivity contribution >= 4 is 16.9 Å². The molecule has 0 saturated carbocycles. The lowest BCUT2D eigenvalue weighted by Gasteiger charge is -2.12. The average Bonchev–Trinajstić information content (AvgIpc) is 3.36. The van der Waals surface area contributed by atoms with Gasteiger partial charge in [0.1, 0.15) is 11.9 Å². The summed E-state index contributed by atoms with van der Waals surface area (Å²) in [5, 5.41) is 3.03. The molecule has 1 N–H and O–H groups in total. The lowest BCUT2D eigenvalue weighted by atomic mass is 10.1. The van der Waals surface area contributed by atoms with Gasteiger partial charge >= 0.3 is 0 Å². The second-order valence-electron chi connectivity index (χ2n) is 7.86. The van der Waals surface area contributed by atoms with E-state index in [0.29, 0.717) is 13.2 Å². The minimum atomic E-state index is -0.287. The van der Waals surface area contributed by atoms with Crippen LogP contribution in [0.15, 0.2) is 24.3 Å². The lowest BCUT2D eigenvalue weighted by molar-refractivity contribution is -0.130. The number of carbonyl (C=O) groups is 1. The quantitative estimate of drug-likeness (QED) is 0.525. The van der Waals surface area contributed by atoms with Crippen molar-refractivity contribution in [3.63, 3.8) is 0 Å². The second kappa shape index (κ2) is 11.2. The Hall–Kier alpha value is -1.88. The Morgan fingerprint density at radius 2 is 1.89 bits per heavy atom. The van der Waals surface area contributed by atoms with Gasteiger partial charge in [-0.2, -0.15) is 0 Å². The first-order chi connectivity index (χ1) is 13.8. The number of carbonyl (C=O) groups excluding carboxylic acids is 1. The summed E-state index contributed by atoms with van der Waals surface area (Å²) in [4.78, 5) is 17.0. The van der Waals surface area contributed by atoms with Crippen LogP contribution in [0.5, 0.6) is 0 Å². The van der Waals surface area contributed by atoms with Crippen molar-refractivity contribution in [1.29, 1.82) is 0 Å². The van der Waals surface area contributed by atoms with Crippen molar-refractivity contribution in [3.05, 3.63) is 30.1 Å².